The number of nitrogens with one attached hydrogen (secondary N) is 1. The first-order valence-electron chi connectivity index (χ1n) is 10.0. The van der Waals surface area contributed by atoms with Crippen molar-refractivity contribution in [2.24, 2.45) is 0 Å². The molecular formula is C22H28FN5O3. The third kappa shape index (κ3) is 5.11. The van der Waals surface area contributed by atoms with Gasteiger partial charge in [0.05, 0.1) is 11.4 Å². The molecule has 1 aliphatic rings. The van der Waals surface area contributed by atoms with Crippen LogP contribution < -0.4 is 5.69 Å². The van der Waals surface area contributed by atoms with E-state index in [4.69, 9.17) is 5.10 Å². The molecule has 31 heavy (non-hydrogen) atoms. The quantitative estimate of drug-likeness (QED) is 0.647. The van der Waals surface area contributed by atoms with Gasteiger partial charge < -0.3 is 14.6 Å². The average molecular weight is 429 g/mol. The molecule has 0 bridgehead atoms. The Morgan fingerprint density at radius 1 is 1.29 bits per heavy atom. The lowest BCUT2D eigenvalue weighted by Gasteiger charge is -2.22. The lowest BCUT2D eigenvalue weighted by molar-refractivity contribution is -0.138. The van der Waals surface area contributed by atoms with Crippen LogP contribution in [0.5, 0.6) is 0 Å². The third-order valence-electron chi connectivity index (χ3n) is 4.86. The molecule has 1 aromatic carbocycles. The molecule has 4 rings (SSSR count). The van der Waals surface area contributed by atoms with E-state index >= 15 is 0 Å². The summed E-state index contributed by atoms with van der Waals surface area (Å²) in [6.07, 6.45) is 4.13. The van der Waals surface area contributed by atoms with Crippen molar-refractivity contribution < 1.29 is 13.9 Å². The number of carbonyl (C=O) groups is 1. The normalized spacial score (nSPS) is 13.9. The minimum atomic E-state index is -0.318. The number of benzene rings is 1. The van der Waals surface area contributed by atoms with E-state index in [0.29, 0.717) is 17.9 Å². The number of rotatable bonds is 3. The summed E-state index contributed by atoms with van der Waals surface area (Å²) in [5.74, 6) is 0.463. The smallest absolute Gasteiger partial charge is 0.331 e. The molecule has 0 unspecified atom stereocenters. The van der Waals surface area contributed by atoms with Gasteiger partial charge in [-0.2, -0.15) is 5.10 Å². The number of hydrogen-bond acceptors (Lipinski definition) is 5. The van der Waals surface area contributed by atoms with Crippen LogP contribution in [0.3, 0.4) is 0 Å². The first-order valence-corrected chi connectivity index (χ1v) is 10.0. The fourth-order valence-corrected chi connectivity index (χ4v) is 3.31. The molecule has 1 aliphatic heterocycles. The van der Waals surface area contributed by atoms with Crippen LogP contribution >= 0.6 is 0 Å². The minimum absolute atomic E-state index is 0.217. The lowest BCUT2D eigenvalue weighted by Crippen LogP contribution is -2.27. The Kier molecular flexibility index (Phi) is 6.45. The summed E-state index contributed by atoms with van der Waals surface area (Å²) in [5, 5.41) is 4.72. The number of aromatic amines is 1. The summed E-state index contributed by atoms with van der Waals surface area (Å²) in [5.41, 5.74) is 2.78. The zero-order chi connectivity index (χ0) is 22.8. The maximum absolute atomic E-state index is 13.6. The van der Waals surface area contributed by atoms with Crippen LogP contribution in [-0.4, -0.2) is 49.9 Å². The van der Waals surface area contributed by atoms with Crippen molar-refractivity contribution in [3.63, 3.8) is 0 Å². The Labute approximate surface area is 180 Å². The highest BCUT2D eigenvalue weighted by atomic mass is 19.1. The molecule has 166 valence electrons. The molecule has 8 nitrogen and oxygen atoms in total. The summed E-state index contributed by atoms with van der Waals surface area (Å²) >= 11 is 0. The molecule has 0 atom stereocenters. The first-order chi connectivity index (χ1) is 14.6. The fraction of sp³-hybridized carbons (Fsp3) is 0.409. The molecule has 0 saturated heterocycles. The average Bonchev–Trinajstić information content (AvgIpc) is 3.26. The van der Waals surface area contributed by atoms with E-state index in [1.165, 1.54) is 6.07 Å². The Bertz CT molecular complexity index is 1120. The molecule has 0 fully saturated rings. The number of fused-ring (bicyclic) bond motifs is 1. The number of halogens is 1. The van der Waals surface area contributed by atoms with Gasteiger partial charge in [-0.05, 0) is 58.5 Å². The van der Waals surface area contributed by atoms with E-state index in [-0.39, 0.29) is 17.1 Å². The molecule has 0 aliphatic carbocycles. The zero-order valence-corrected chi connectivity index (χ0v) is 18.5. The molecule has 0 saturated carbocycles. The Morgan fingerprint density at radius 3 is 2.58 bits per heavy atom. The van der Waals surface area contributed by atoms with Crippen LogP contribution in [0.1, 0.15) is 37.6 Å². The third-order valence-corrected chi connectivity index (χ3v) is 4.86. The van der Waals surface area contributed by atoms with Crippen molar-refractivity contribution >= 4 is 6.47 Å². The number of H-pyrrole nitrogens is 1. The summed E-state index contributed by atoms with van der Waals surface area (Å²) in [6.45, 7) is 9.29. The van der Waals surface area contributed by atoms with E-state index in [9.17, 15) is 14.0 Å². The Hall–Kier alpha value is -3.20. The first kappa shape index (κ1) is 22.5. The van der Waals surface area contributed by atoms with Crippen molar-refractivity contribution in [2.45, 2.75) is 46.3 Å². The molecule has 2 aromatic heterocycles. The topological polar surface area (TPSA) is 85.1 Å². The van der Waals surface area contributed by atoms with Crippen LogP contribution in [-0.2, 0) is 22.5 Å². The highest BCUT2D eigenvalue weighted by molar-refractivity contribution is 5.48. The molecule has 0 amide bonds. The van der Waals surface area contributed by atoms with Gasteiger partial charge in [0.2, 0.25) is 0 Å². The van der Waals surface area contributed by atoms with Gasteiger partial charge in [-0.25, -0.2) is 13.9 Å². The molecule has 3 heterocycles. The molecule has 0 spiro atoms. The summed E-state index contributed by atoms with van der Waals surface area (Å²) in [4.78, 5) is 26.6. The number of likely N-dealkylation sites (N-methyl/N-ethyl adjacent to an activating group) is 1. The molecule has 9 heteroatoms. The van der Waals surface area contributed by atoms with Crippen LogP contribution in [0.4, 0.5) is 4.39 Å². The van der Waals surface area contributed by atoms with Crippen LogP contribution in [0, 0.1) is 12.7 Å². The Balaban J connectivity index is 0.000000339. The maximum atomic E-state index is 13.6. The van der Waals surface area contributed by atoms with Crippen molar-refractivity contribution in [1.82, 2.24) is 24.2 Å². The van der Waals surface area contributed by atoms with Crippen LogP contribution in [0.25, 0.3) is 11.5 Å². The largest absolute Gasteiger partial charge is 0.462 e. The van der Waals surface area contributed by atoms with Crippen molar-refractivity contribution in [2.75, 3.05) is 13.6 Å². The second-order valence-corrected chi connectivity index (χ2v) is 8.54. The number of aromatic nitrogens is 4. The summed E-state index contributed by atoms with van der Waals surface area (Å²) in [7, 11) is 2.05. The van der Waals surface area contributed by atoms with Gasteiger partial charge in [-0.1, -0.05) is 0 Å². The van der Waals surface area contributed by atoms with Gasteiger partial charge in [-0.15, -0.1) is 0 Å². The number of nitrogens with zero attached hydrogens (tertiary/aromatic N) is 4. The van der Waals surface area contributed by atoms with Crippen molar-refractivity contribution in [1.29, 1.82) is 0 Å². The SMILES string of the molecule is CC(C)(C)OC=O.Cc1cc(-n2nc3c(c2-n2cc[nH]c2=O)CN(C)CC3)ccc1F. The number of imidazole rings is 1. The maximum Gasteiger partial charge on any atom is 0.331 e. The van der Waals surface area contributed by atoms with Gasteiger partial charge in [0.1, 0.15) is 17.2 Å². The highest BCUT2D eigenvalue weighted by Gasteiger charge is 2.25. The van der Waals surface area contributed by atoms with Crippen LogP contribution in [0.2, 0.25) is 0 Å². The molecular weight excluding hydrogens is 401 g/mol. The van der Waals surface area contributed by atoms with Crippen molar-refractivity contribution in [3.05, 3.63) is 63.7 Å². The number of ether oxygens (including phenoxy) is 1. The number of aryl methyl sites for hydroxylation is 1. The number of carbonyl (C=O) groups excluding carboxylic acids is 1. The van der Waals surface area contributed by atoms with Gasteiger partial charge >= 0.3 is 5.69 Å². The fourth-order valence-electron chi connectivity index (χ4n) is 3.31. The van der Waals surface area contributed by atoms with Gasteiger partial charge in [0.15, 0.2) is 0 Å². The zero-order valence-electron chi connectivity index (χ0n) is 18.5. The summed E-state index contributed by atoms with van der Waals surface area (Å²) < 4.78 is 21.5. The minimum Gasteiger partial charge on any atom is -0.462 e. The Morgan fingerprint density at radius 2 is 2.03 bits per heavy atom. The predicted molar refractivity (Wildman–Crippen MR) is 115 cm³/mol. The lowest BCUT2D eigenvalue weighted by atomic mass is 10.1. The molecule has 0 radical (unpaired) electrons. The van der Waals surface area contributed by atoms with E-state index in [1.807, 2.05) is 27.8 Å². The monoisotopic (exact) mass is 429 g/mol. The molecule has 1 N–H and O–H groups in total. The highest BCUT2D eigenvalue weighted by Crippen LogP contribution is 2.27. The van der Waals surface area contributed by atoms with E-state index in [2.05, 4.69) is 14.6 Å². The van der Waals surface area contributed by atoms with E-state index in [0.717, 1.165) is 36.5 Å². The van der Waals surface area contributed by atoms with Crippen LogP contribution in [0.15, 0.2) is 35.4 Å². The number of hydrogen-bond donors (Lipinski definition) is 1. The van der Waals surface area contributed by atoms with E-state index in [1.54, 1.807) is 40.7 Å². The van der Waals surface area contributed by atoms with Gasteiger partial charge in [-0.3, -0.25) is 9.36 Å². The second kappa shape index (κ2) is 8.89. The van der Waals surface area contributed by atoms with Crippen molar-refractivity contribution in [3.8, 4) is 11.5 Å². The molecule has 3 aromatic rings. The predicted octanol–water partition coefficient (Wildman–Crippen LogP) is 2.74. The summed E-state index contributed by atoms with van der Waals surface area (Å²) in [6, 6.07) is 4.87. The second-order valence-electron chi connectivity index (χ2n) is 8.54. The van der Waals surface area contributed by atoms with E-state index < -0.39 is 0 Å². The standard InChI is InChI=1S/C17H18FN5O.C5H10O2/c1-11-9-12(3-4-14(11)18)23-16(22-8-6-19-17(22)24)13-10-21(2)7-5-15(13)20-23;1-5(2,3)7-4-6/h3-4,6,8-9H,5,7,10H2,1-2H3,(H,19,24);4H,1-3H3. The van der Waals surface area contributed by atoms with Gasteiger partial charge in [0, 0.05) is 37.5 Å². The van der Waals surface area contributed by atoms with Gasteiger partial charge in [0.25, 0.3) is 6.47 Å².